The van der Waals surface area contributed by atoms with Crippen LogP contribution < -0.4 is 0 Å². The number of benzene rings is 6. The third-order valence-corrected chi connectivity index (χ3v) is 6.86. The Hall–Kier alpha value is -3.90. The van der Waals surface area contributed by atoms with Crippen molar-refractivity contribution < 1.29 is 0 Å². The van der Waals surface area contributed by atoms with Crippen LogP contribution in [0.2, 0.25) is 0 Å². The molecule has 0 unspecified atom stereocenters. The lowest BCUT2D eigenvalue weighted by atomic mass is 9.90. The van der Waals surface area contributed by atoms with E-state index in [1.807, 2.05) is 0 Å². The number of fused-ring (bicyclic) bond motifs is 8. The fourth-order valence-corrected chi connectivity index (χ4v) is 5.41. The fourth-order valence-electron chi connectivity index (χ4n) is 5.41. The van der Waals surface area contributed by atoms with Gasteiger partial charge >= 0.3 is 0 Å². The van der Waals surface area contributed by atoms with E-state index in [2.05, 4.69) is 109 Å². The zero-order chi connectivity index (χ0) is 20.4. The third-order valence-electron chi connectivity index (χ3n) is 6.86. The number of hydrogen-bond acceptors (Lipinski definition) is 0. The minimum absolute atomic E-state index is 1.04. The molecule has 0 saturated heterocycles. The van der Waals surface area contributed by atoms with Crippen molar-refractivity contribution in [1.29, 1.82) is 0 Å². The average molecular weight is 393 g/mol. The summed E-state index contributed by atoms with van der Waals surface area (Å²) in [6.45, 7) is 0. The van der Waals surface area contributed by atoms with Gasteiger partial charge in [-0.05, 0) is 78.2 Å². The first kappa shape index (κ1) is 16.8. The van der Waals surface area contributed by atoms with E-state index in [0.717, 1.165) is 6.42 Å². The predicted octanol–water partition coefficient (Wildman–Crippen LogP) is 8.38. The lowest BCUT2D eigenvalue weighted by Crippen LogP contribution is -1.87. The quantitative estimate of drug-likeness (QED) is 0.246. The van der Waals surface area contributed by atoms with Crippen molar-refractivity contribution in [2.45, 2.75) is 6.42 Å². The van der Waals surface area contributed by atoms with Crippen molar-refractivity contribution in [3.05, 3.63) is 120 Å². The van der Waals surface area contributed by atoms with Crippen LogP contribution in [0.15, 0.2) is 109 Å². The van der Waals surface area contributed by atoms with Crippen LogP contribution in [0.4, 0.5) is 0 Å². The number of hydrogen-bond donors (Lipinski definition) is 0. The normalized spacial score (nSPS) is 12.4. The van der Waals surface area contributed by atoms with E-state index in [-0.39, 0.29) is 0 Å². The molecular formula is C31H20. The van der Waals surface area contributed by atoms with Gasteiger partial charge in [0, 0.05) is 0 Å². The Bertz CT molecular complexity index is 1650. The van der Waals surface area contributed by atoms with E-state index in [4.69, 9.17) is 0 Å². The van der Waals surface area contributed by atoms with Gasteiger partial charge in [-0.15, -0.1) is 0 Å². The van der Waals surface area contributed by atoms with Gasteiger partial charge in [-0.2, -0.15) is 0 Å². The van der Waals surface area contributed by atoms with Crippen LogP contribution in [0.25, 0.3) is 54.6 Å². The van der Waals surface area contributed by atoms with Gasteiger partial charge in [-0.3, -0.25) is 0 Å². The van der Waals surface area contributed by atoms with E-state index >= 15 is 0 Å². The van der Waals surface area contributed by atoms with E-state index < -0.39 is 0 Å². The van der Waals surface area contributed by atoms with Crippen LogP contribution in [0.5, 0.6) is 0 Å². The Morgan fingerprint density at radius 3 is 2.03 bits per heavy atom. The highest BCUT2D eigenvalue weighted by atomic mass is 14.2. The minimum Gasteiger partial charge on any atom is -0.0619 e. The molecule has 0 saturated carbocycles. The molecule has 6 aromatic rings. The second-order valence-electron chi connectivity index (χ2n) is 8.56. The highest BCUT2D eigenvalue weighted by Crippen LogP contribution is 2.42. The summed E-state index contributed by atoms with van der Waals surface area (Å²) in [5, 5.41) is 7.91. The summed E-state index contributed by atoms with van der Waals surface area (Å²) < 4.78 is 0. The Balaban J connectivity index is 1.58. The highest BCUT2D eigenvalue weighted by Gasteiger charge is 2.19. The van der Waals surface area contributed by atoms with Crippen molar-refractivity contribution in [2.75, 3.05) is 0 Å². The predicted molar refractivity (Wildman–Crippen MR) is 133 cm³/mol. The molecule has 6 aromatic carbocycles. The zero-order valence-electron chi connectivity index (χ0n) is 17.1. The summed E-state index contributed by atoms with van der Waals surface area (Å²) in [7, 11) is 0. The van der Waals surface area contributed by atoms with E-state index in [9.17, 15) is 0 Å². The molecule has 144 valence electrons. The molecule has 0 heterocycles. The summed E-state index contributed by atoms with van der Waals surface area (Å²) in [6, 6.07) is 40.3. The van der Waals surface area contributed by atoms with Crippen LogP contribution >= 0.6 is 0 Å². The molecule has 1 aliphatic carbocycles. The lowest BCUT2D eigenvalue weighted by molar-refractivity contribution is 1.26. The summed E-state index contributed by atoms with van der Waals surface area (Å²) in [5.41, 5.74) is 8.24. The topological polar surface area (TPSA) is 0 Å². The van der Waals surface area contributed by atoms with Crippen LogP contribution in [-0.2, 0) is 6.42 Å². The molecule has 0 fully saturated rings. The Morgan fingerprint density at radius 2 is 1.10 bits per heavy atom. The summed E-state index contributed by atoms with van der Waals surface area (Å²) in [4.78, 5) is 0. The van der Waals surface area contributed by atoms with Gasteiger partial charge in [0.2, 0.25) is 0 Å². The van der Waals surface area contributed by atoms with Gasteiger partial charge in [-0.25, -0.2) is 0 Å². The molecule has 0 atom stereocenters. The molecular weight excluding hydrogens is 372 g/mol. The standard InChI is InChI=1S/C31H20/c1-4-10-27-20(6-1)12-13-22-15-14-21-8-5-11-28(30(21)31(22)27)25-17-16-24-18-23-7-2-3-9-26(23)29(24)19-25/h1-17,19H,18H2. The van der Waals surface area contributed by atoms with Gasteiger partial charge < -0.3 is 0 Å². The lowest BCUT2D eigenvalue weighted by Gasteiger charge is -2.14. The second-order valence-corrected chi connectivity index (χ2v) is 8.56. The summed E-state index contributed by atoms with van der Waals surface area (Å²) in [6.07, 6.45) is 1.04. The molecule has 31 heavy (non-hydrogen) atoms. The Kier molecular flexibility index (Phi) is 3.42. The van der Waals surface area contributed by atoms with Gasteiger partial charge in [0.05, 0.1) is 0 Å². The molecule has 0 aliphatic heterocycles. The number of rotatable bonds is 1. The molecule has 0 amide bonds. The van der Waals surface area contributed by atoms with Crippen molar-refractivity contribution in [1.82, 2.24) is 0 Å². The molecule has 0 nitrogen and oxygen atoms in total. The van der Waals surface area contributed by atoms with Crippen LogP contribution in [0, 0.1) is 0 Å². The first-order valence-corrected chi connectivity index (χ1v) is 10.9. The summed E-state index contributed by atoms with van der Waals surface area (Å²) in [5.74, 6) is 0. The van der Waals surface area contributed by atoms with E-state index in [1.54, 1.807) is 0 Å². The molecule has 0 radical (unpaired) electrons. The van der Waals surface area contributed by atoms with Gasteiger partial charge in [0.25, 0.3) is 0 Å². The fraction of sp³-hybridized carbons (Fsp3) is 0.0323. The Labute approximate surface area is 181 Å². The van der Waals surface area contributed by atoms with Gasteiger partial charge in [-0.1, -0.05) is 103 Å². The highest BCUT2D eigenvalue weighted by molar-refractivity contribution is 6.24. The molecule has 0 N–H and O–H groups in total. The maximum atomic E-state index is 2.40. The van der Waals surface area contributed by atoms with Crippen LogP contribution in [-0.4, -0.2) is 0 Å². The van der Waals surface area contributed by atoms with E-state index in [1.165, 1.54) is 65.7 Å². The maximum absolute atomic E-state index is 2.40. The molecule has 0 heteroatoms. The molecule has 1 aliphatic rings. The van der Waals surface area contributed by atoms with Crippen molar-refractivity contribution >= 4 is 32.3 Å². The maximum Gasteiger partial charge on any atom is -0.00134 e. The van der Waals surface area contributed by atoms with Crippen LogP contribution in [0.3, 0.4) is 0 Å². The first-order chi connectivity index (χ1) is 15.4. The van der Waals surface area contributed by atoms with Crippen molar-refractivity contribution in [2.24, 2.45) is 0 Å². The first-order valence-electron chi connectivity index (χ1n) is 10.9. The van der Waals surface area contributed by atoms with E-state index in [0.29, 0.717) is 0 Å². The minimum atomic E-state index is 1.04. The summed E-state index contributed by atoms with van der Waals surface area (Å²) >= 11 is 0. The smallest absolute Gasteiger partial charge is 0.00134 e. The second kappa shape index (κ2) is 6.30. The monoisotopic (exact) mass is 392 g/mol. The molecule has 0 bridgehead atoms. The van der Waals surface area contributed by atoms with Crippen molar-refractivity contribution in [3.63, 3.8) is 0 Å². The van der Waals surface area contributed by atoms with Gasteiger partial charge in [0.15, 0.2) is 0 Å². The van der Waals surface area contributed by atoms with Crippen LogP contribution in [0.1, 0.15) is 11.1 Å². The van der Waals surface area contributed by atoms with Crippen molar-refractivity contribution in [3.8, 4) is 22.3 Å². The molecule has 7 rings (SSSR count). The average Bonchev–Trinajstić information content (AvgIpc) is 3.21. The van der Waals surface area contributed by atoms with Gasteiger partial charge in [0.1, 0.15) is 0 Å². The SMILES string of the molecule is c1ccc2c(c1)Cc1ccc(-c3cccc4ccc5ccc6ccccc6c5c34)cc1-2. The third kappa shape index (κ3) is 2.42. The molecule has 0 aromatic heterocycles. The largest absolute Gasteiger partial charge is 0.0619 e. The Morgan fingerprint density at radius 1 is 0.419 bits per heavy atom. The zero-order valence-corrected chi connectivity index (χ0v) is 17.1. The molecule has 0 spiro atoms.